The Labute approximate surface area is 177 Å². The largest absolute Gasteiger partial charge is 0.350 e. The quantitative estimate of drug-likeness (QED) is 0.375. The molecule has 4 amide bonds. The fourth-order valence-electron chi connectivity index (χ4n) is 3.24. The maximum absolute atomic E-state index is 13.0. The normalized spacial score (nSPS) is 15.8. The molecule has 0 spiro atoms. The van der Waals surface area contributed by atoms with Gasteiger partial charge in [0, 0.05) is 18.2 Å². The number of hydrazone groups is 1. The summed E-state index contributed by atoms with van der Waals surface area (Å²) >= 11 is 0. The van der Waals surface area contributed by atoms with Crippen molar-refractivity contribution in [2.75, 3.05) is 5.32 Å². The lowest BCUT2D eigenvalue weighted by Crippen LogP contribution is -2.42. The minimum atomic E-state index is -0.815. The van der Waals surface area contributed by atoms with Crippen molar-refractivity contribution >= 4 is 29.7 Å². The van der Waals surface area contributed by atoms with E-state index in [1.165, 1.54) is 17.0 Å². The highest BCUT2D eigenvalue weighted by molar-refractivity contribution is 6.04. The van der Waals surface area contributed by atoms with Crippen molar-refractivity contribution in [2.45, 2.75) is 38.3 Å². The summed E-state index contributed by atoms with van der Waals surface area (Å²) in [6.07, 6.45) is 4.03. The standard InChI is InChI=1S/C20H23N7O4/c1-2-13(10-23-26-20(21)31)24-18(29)15-8-9-16-22-11-14(19(30)27(15)16)25-17(28)12-6-4-3-5-7-12/h3-7,10-11,13,15H,2,8-9H2,1H3,(H,24,29)(H,25,28)(H3,21,26,31)/b23-10-/t13-,15?/m0/s1. The lowest BCUT2D eigenvalue weighted by Gasteiger charge is -2.18. The number of amides is 4. The number of anilines is 1. The van der Waals surface area contributed by atoms with Crippen molar-refractivity contribution < 1.29 is 14.4 Å². The Morgan fingerprint density at radius 3 is 2.74 bits per heavy atom. The number of primary amides is 1. The van der Waals surface area contributed by atoms with Gasteiger partial charge in [0.15, 0.2) is 0 Å². The molecule has 11 heteroatoms. The summed E-state index contributed by atoms with van der Waals surface area (Å²) in [6, 6.07) is 6.43. The van der Waals surface area contributed by atoms with E-state index in [4.69, 9.17) is 5.73 Å². The van der Waals surface area contributed by atoms with E-state index in [2.05, 4.69) is 26.1 Å². The number of nitrogens with zero attached hydrogens (tertiary/aromatic N) is 3. The van der Waals surface area contributed by atoms with E-state index in [9.17, 15) is 19.2 Å². The number of rotatable bonds is 7. The molecule has 1 unspecified atom stereocenters. The first-order valence-corrected chi connectivity index (χ1v) is 9.76. The SMILES string of the molecule is CC[C@@H](/C=N\NC(N)=O)NC(=O)C1CCc2ncc(NC(=O)c3ccccc3)c(=O)n21. The second-order valence-electron chi connectivity index (χ2n) is 6.92. The van der Waals surface area contributed by atoms with Gasteiger partial charge >= 0.3 is 6.03 Å². The summed E-state index contributed by atoms with van der Waals surface area (Å²) in [5.74, 6) is -0.352. The van der Waals surface area contributed by atoms with E-state index in [0.717, 1.165) is 0 Å². The van der Waals surface area contributed by atoms with Gasteiger partial charge in [0.2, 0.25) is 5.91 Å². The highest BCUT2D eigenvalue weighted by Crippen LogP contribution is 2.23. The Hall–Kier alpha value is -4.02. The Morgan fingerprint density at radius 1 is 1.32 bits per heavy atom. The van der Waals surface area contributed by atoms with Crippen LogP contribution in [0.2, 0.25) is 0 Å². The number of nitrogens with one attached hydrogen (secondary N) is 3. The second-order valence-corrected chi connectivity index (χ2v) is 6.92. The van der Waals surface area contributed by atoms with Crippen LogP contribution in [0.15, 0.2) is 46.4 Å². The zero-order chi connectivity index (χ0) is 22.4. The fraction of sp³-hybridized carbons (Fsp3) is 0.300. The van der Waals surface area contributed by atoms with E-state index < -0.39 is 29.6 Å². The van der Waals surface area contributed by atoms with Gasteiger partial charge in [0.05, 0.1) is 12.2 Å². The molecule has 1 aliphatic heterocycles. The molecule has 2 atom stereocenters. The topological polar surface area (TPSA) is 161 Å². The van der Waals surface area contributed by atoms with E-state index in [1.807, 2.05) is 6.92 Å². The molecule has 0 fully saturated rings. The predicted octanol–water partition coefficient (Wildman–Crippen LogP) is 0.532. The molecule has 2 heterocycles. The predicted molar refractivity (Wildman–Crippen MR) is 114 cm³/mol. The van der Waals surface area contributed by atoms with Gasteiger partial charge in [-0.3, -0.25) is 19.0 Å². The molecule has 0 radical (unpaired) electrons. The number of carbonyl (C=O) groups excluding carboxylic acids is 3. The molecule has 162 valence electrons. The summed E-state index contributed by atoms with van der Waals surface area (Å²) in [4.78, 5) is 53.2. The molecule has 1 aromatic carbocycles. The zero-order valence-electron chi connectivity index (χ0n) is 16.9. The average molecular weight is 425 g/mol. The average Bonchev–Trinajstić information content (AvgIpc) is 3.20. The number of nitrogens with two attached hydrogens (primary N) is 1. The van der Waals surface area contributed by atoms with Crippen molar-refractivity contribution in [1.82, 2.24) is 20.3 Å². The van der Waals surface area contributed by atoms with Crippen LogP contribution in [0.25, 0.3) is 0 Å². The van der Waals surface area contributed by atoms with Gasteiger partial charge in [-0.15, -0.1) is 0 Å². The Kier molecular flexibility index (Phi) is 6.75. The lowest BCUT2D eigenvalue weighted by atomic mass is 10.1. The molecule has 5 N–H and O–H groups in total. The number of benzene rings is 1. The van der Waals surface area contributed by atoms with Gasteiger partial charge in [-0.2, -0.15) is 5.10 Å². The second kappa shape index (κ2) is 9.65. The minimum absolute atomic E-state index is 0.00318. The molecule has 1 aliphatic rings. The van der Waals surface area contributed by atoms with Crippen molar-refractivity contribution in [3.05, 3.63) is 58.3 Å². The van der Waals surface area contributed by atoms with Crippen molar-refractivity contribution in [1.29, 1.82) is 0 Å². The van der Waals surface area contributed by atoms with Crippen LogP contribution in [0.3, 0.4) is 0 Å². The number of urea groups is 1. The highest BCUT2D eigenvalue weighted by atomic mass is 16.2. The number of hydrogen-bond donors (Lipinski definition) is 4. The van der Waals surface area contributed by atoms with Crippen LogP contribution in [0, 0.1) is 0 Å². The van der Waals surface area contributed by atoms with Crippen LogP contribution in [0.4, 0.5) is 10.5 Å². The van der Waals surface area contributed by atoms with Crippen LogP contribution in [0.1, 0.15) is 42.0 Å². The molecular formula is C20H23N7O4. The maximum atomic E-state index is 13.0. The van der Waals surface area contributed by atoms with Gasteiger partial charge in [-0.05, 0) is 25.0 Å². The van der Waals surface area contributed by atoms with Crippen LogP contribution in [-0.4, -0.2) is 39.7 Å². The summed E-state index contributed by atoms with van der Waals surface area (Å²) in [6.45, 7) is 1.83. The van der Waals surface area contributed by atoms with Gasteiger partial charge in [-0.1, -0.05) is 25.1 Å². The molecule has 0 saturated carbocycles. The first-order valence-electron chi connectivity index (χ1n) is 9.76. The summed E-state index contributed by atoms with van der Waals surface area (Å²) in [7, 11) is 0. The van der Waals surface area contributed by atoms with Crippen molar-refractivity contribution in [2.24, 2.45) is 10.8 Å². The minimum Gasteiger partial charge on any atom is -0.350 e. The Morgan fingerprint density at radius 2 is 2.06 bits per heavy atom. The molecule has 0 bridgehead atoms. The smallest absolute Gasteiger partial charge is 0.332 e. The number of hydrogen-bond acceptors (Lipinski definition) is 6. The van der Waals surface area contributed by atoms with Crippen LogP contribution in [-0.2, 0) is 11.2 Å². The van der Waals surface area contributed by atoms with Gasteiger partial charge in [-0.25, -0.2) is 15.2 Å². The van der Waals surface area contributed by atoms with Crippen LogP contribution >= 0.6 is 0 Å². The summed E-state index contributed by atoms with van der Waals surface area (Å²) in [5.41, 5.74) is 6.92. The van der Waals surface area contributed by atoms with Crippen LogP contribution < -0.4 is 27.4 Å². The monoisotopic (exact) mass is 425 g/mol. The van der Waals surface area contributed by atoms with Crippen molar-refractivity contribution in [3.63, 3.8) is 0 Å². The molecule has 31 heavy (non-hydrogen) atoms. The third kappa shape index (κ3) is 5.13. The van der Waals surface area contributed by atoms with Crippen molar-refractivity contribution in [3.8, 4) is 0 Å². The van der Waals surface area contributed by atoms with Gasteiger partial charge < -0.3 is 16.4 Å². The first-order chi connectivity index (χ1) is 14.9. The fourth-order valence-corrected chi connectivity index (χ4v) is 3.24. The number of aryl methyl sites for hydroxylation is 1. The maximum Gasteiger partial charge on any atom is 0.332 e. The molecule has 11 nitrogen and oxygen atoms in total. The lowest BCUT2D eigenvalue weighted by molar-refractivity contribution is -0.124. The molecule has 0 aliphatic carbocycles. The molecule has 2 aromatic rings. The number of fused-ring (bicyclic) bond motifs is 1. The summed E-state index contributed by atoms with van der Waals surface area (Å²) in [5, 5.41) is 9.01. The van der Waals surface area contributed by atoms with E-state index in [-0.39, 0.29) is 11.6 Å². The third-order valence-corrected chi connectivity index (χ3v) is 4.81. The zero-order valence-corrected chi connectivity index (χ0v) is 16.9. The Bertz CT molecular complexity index is 1060. The highest BCUT2D eigenvalue weighted by Gasteiger charge is 2.32. The molecule has 3 rings (SSSR count). The van der Waals surface area contributed by atoms with E-state index in [1.54, 1.807) is 30.3 Å². The molecular weight excluding hydrogens is 402 g/mol. The van der Waals surface area contributed by atoms with Gasteiger partial charge in [0.1, 0.15) is 17.6 Å². The molecule has 0 saturated heterocycles. The number of aromatic nitrogens is 2. The number of carbonyl (C=O) groups is 3. The molecule has 1 aromatic heterocycles. The van der Waals surface area contributed by atoms with Gasteiger partial charge in [0.25, 0.3) is 11.5 Å². The Balaban J connectivity index is 1.77. The van der Waals surface area contributed by atoms with E-state index in [0.29, 0.717) is 30.7 Å². The third-order valence-electron chi connectivity index (χ3n) is 4.81. The first kappa shape index (κ1) is 21.7. The van der Waals surface area contributed by atoms with Crippen LogP contribution in [0.5, 0.6) is 0 Å². The summed E-state index contributed by atoms with van der Waals surface area (Å²) < 4.78 is 1.31. The van der Waals surface area contributed by atoms with E-state index >= 15 is 0 Å².